The van der Waals surface area contributed by atoms with Crippen LogP contribution in [-0.4, -0.2) is 6.61 Å². The second-order valence-electron chi connectivity index (χ2n) is 3.82. The zero-order valence-electron chi connectivity index (χ0n) is 9.42. The first-order chi connectivity index (χ1) is 7.13. The molecule has 0 spiro atoms. The van der Waals surface area contributed by atoms with Crippen LogP contribution in [0.1, 0.15) is 38.2 Å². The van der Waals surface area contributed by atoms with Gasteiger partial charge in [-0.1, -0.05) is 20.3 Å². The molecule has 1 aromatic carbocycles. The monoisotopic (exact) mass is 209 g/mol. The van der Waals surface area contributed by atoms with Gasteiger partial charge in [0.25, 0.3) is 0 Å². The molecule has 0 N–H and O–H groups in total. The van der Waals surface area contributed by atoms with E-state index in [0.717, 1.165) is 18.4 Å². The summed E-state index contributed by atoms with van der Waals surface area (Å²) >= 11 is 0. The molecule has 0 heterocycles. The van der Waals surface area contributed by atoms with Crippen molar-refractivity contribution >= 4 is 0 Å². The predicted octanol–water partition coefficient (Wildman–Crippen LogP) is 3.94. The van der Waals surface area contributed by atoms with E-state index >= 15 is 0 Å². The molecule has 0 bridgehead atoms. The van der Waals surface area contributed by atoms with Gasteiger partial charge in [-0.3, -0.25) is 0 Å². The fraction of sp³-hybridized carbons (Fsp3) is 0.462. The molecule has 0 aromatic heterocycles. The first-order valence-corrected chi connectivity index (χ1v) is 5.40. The van der Waals surface area contributed by atoms with Gasteiger partial charge in [-0.05, 0) is 37.0 Å². The summed E-state index contributed by atoms with van der Waals surface area (Å²) in [6.07, 6.45) is 2.07. The Kier molecular flexibility index (Phi) is 4.60. The first-order valence-electron chi connectivity index (χ1n) is 5.40. The lowest BCUT2D eigenvalue weighted by Crippen LogP contribution is -1.98. The summed E-state index contributed by atoms with van der Waals surface area (Å²) in [5, 5.41) is 0. The highest BCUT2D eigenvalue weighted by Crippen LogP contribution is 2.22. The minimum absolute atomic E-state index is 0.0780. The largest absolute Gasteiger partial charge is 0.493 e. The minimum Gasteiger partial charge on any atom is -0.493 e. The normalized spacial score (nSPS) is 10.7. The molecule has 0 saturated heterocycles. The van der Waals surface area contributed by atoms with Gasteiger partial charge in [0, 0.05) is 6.07 Å². The molecule has 0 aliphatic carbocycles. The van der Waals surface area contributed by atoms with E-state index in [2.05, 4.69) is 13.8 Å². The van der Waals surface area contributed by atoms with Crippen LogP contribution >= 0.6 is 0 Å². The number of hydrogen-bond acceptors (Lipinski definition) is 1. The van der Waals surface area contributed by atoms with Gasteiger partial charge in [0.1, 0.15) is 11.6 Å². The molecule has 2 heteroatoms. The van der Waals surface area contributed by atoms with Gasteiger partial charge in [0.15, 0.2) is 0 Å². The number of rotatable bonds is 5. The zero-order chi connectivity index (χ0) is 11.3. The van der Waals surface area contributed by atoms with E-state index in [1.54, 1.807) is 0 Å². The second kappa shape index (κ2) is 5.74. The SMILES string of the molecule is [CH2]C(C)c1cc(F)cc(OCCCC)c1. The van der Waals surface area contributed by atoms with E-state index in [-0.39, 0.29) is 11.7 Å². The molecule has 1 rings (SSSR count). The summed E-state index contributed by atoms with van der Waals surface area (Å²) in [6.45, 7) is 8.54. The quantitative estimate of drug-likeness (QED) is 0.667. The summed E-state index contributed by atoms with van der Waals surface area (Å²) < 4.78 is 18.6. The van der Waals surface area contributed by atoms with Crippen molar-refractivity contribution in [2.45, 2.75) is 32.6 Å². The zero-order valence-corrected chi connectivity index (χ0v) is 9.42. The molecule has 1 nitrogen and oxygen atoms in total. The Bertz CT molecular complexity index is 307. The average molecular weight is 209 g/mol. The molecule has 0 saturated carbocycles. The molecular weight excluding hydrogens is 191 g/mol. The number of unbranched alkanes of at least 4 members (excludes halogenated alkanes) is 1. The molecule has 1 atom stereocenters. The molecule has 1 radical (unpaired) electrons. The fourth-order valence-corrected chi connectivity index (χ4v) is 1.29. The van der Waals surface area contributed by atoms with Crippen molar-refractivity contribution in [3.63, 3.8) is 0 Å². The van der Waals surface area contributed by atoms with Crippen LogP contribution in [0.3, 0.4) is 0 Å². The van der Waals surface area contributed by atoms with Crippen molar-refractivity contribution in [1.29, 1.82) is 0 Å². The van der Waals surface area contributed by atoms with Crippen LogP contribution in [0.4, 0.5) is 4.39 Å². The standard InChI is InChI=1S/C13H18FO/c1-4-5-6-15-13-8-11(10(2)3)7-12(14)9-13/h7-10H,2,4-6H2,1,3H3. The molecule has 0 aliphatic rings. The summed E-state index contributed by atoms with van der Waals surface area (Å²) in [5.74, 6) is 0.428. The number of ether oxygens (including phenoxy) is 1. The molecule has 15 heavy (non-hydrogen) atoms. The van der Waals surface area contributed by atoms with Gasteiger partial charge in [-0.25, -0.2) is 4.39 Å². The van der Waals surface area contributed by atoms with Gasteiger partial charge >= 0.3 is 0 Å². The van der Waals surface area contributed by atoms with Crippen LogP contribution < -0.4 is 4.74 Å². The molecule has 1 unspecified atom stereocenters. The second-order valence-corrected chi connectivity index (χ2v) is 3.82. The molecule has 1 aromatic rings. The molecule has 0 fully saturated rings. The van der Waals surface area contributed by atoms with Crippen LogP contribution in [0.15, 0.2) is 18.2 Å². The van der Waals surface area contributed by atoms with Crippen molar-refractivity contribution < 1.29 is 9.13 Å². The highest BCUT2D eigenvalue weighted by Gasteiger charge is 2.04. The molecule has 0 aliphatic heterocycles. The van der Waals surface area contributed by atoms with Crippen LogP contribution in [0, 0.1) is 12.7 Å². The summed E-state index contributed by atoms with van der Waals surface area (Å²) in [6, 6.07) is 4.78. The molecule has 0 amide bonds. The average Bonchev–Trinajstić information content (AvgIpc) is 2.17. The third-order valence-electron chi connectivity index (χ3n) is 2.23. The van der Waals surface area contributed by atoms with Crippen LogP contribution in [0.25, 0.3) is 0 Å². The van der Waals surface area contributed by atoms with E-state index in [4.69, 9.17) is 4.74 Å². The van der Waals surface area contributed by atoms with Gasteiger partial charge < -0.3 is 4.74 Å². The highest BCUT2D eigenvalue weighted by atomic mass is 19.1. The van der Waals surface area contributed by atoms with Crippen molar-refractivity contribution in [3.8, 4) is 5.75 Å². The Hall–Kier alpha value is -1.05. The third-order valence-corrected chi connectivity index (χ3v) is 2.23. The van der Waals surface area contributed by atoms with Crippen molar-refractivity contribution in [2.75, 3.05) is 6.61 Å². The molecular formula is C13H18FO. The Balaban J connectivity index is 2.71. The Morgan fingerprint density at radius 1 is 1.40 bits per heavy atom. The number of benzene rings is 1. The van der Waals surface area contributed by atoms with Crippen molar-refractivity contribution in [3.05, 3.63) is 36.5 Å². The van der Waals surface area contributed by atoms with Crippen LogP contribution in [0.2, 0.25) is 0 Å². The van der Waals surface area contributed by atoms with E-state index < -0.39 is 0 Å². The maximum absolute atomic E-state index is 13.2. The lowest BCUT2D eigenvalue weighted by Gasteiger charge is -2.10. The smallest absolute Gasteiger partial charge is 0.127 e. The summed E-state index contributed by atoms with van der Waals surface area (Å²) in [7, 11) is 0. The highest BCUT2D eigenvalue weighted by molar-refractivity contribution is 5.32. The van der Waals surface area contributed by atoms with E-state index in [0.29, 0.717) is 12.4 Å². The first kappa shape index (κ1) is 12.0. The maximum atomic E-state index is 13.2. The lowest BCUT2D eigenvalue weighted by atomic mass is 10.0. The number of hydrogen-bond donors (Lipinski definition) is 0. The Morgan fingerprint density at radius 3 is 2.73 bits per heavy atom. The predicted molar refractivity (Wildman–Crippen MR) is 60.6 cm³/mol. The van der Waals surface area contributed by atoms with E-state index in [1.807, 2.05) is 13.0 Å². The Labute approximate surface area is 91.3 Å². The summed E-state index contributed by atoms with van der Waals surface area (Å²) in [4.78, 5) is 0. The lowest BCUT2D eigenvalue weighted by molar-refractivity contribution is 0.307. The van der Waals surface area contributed by atoms with Gasteiger partial charge in [0.2, 0.25) is 0 Å². The van der Waals surface area contributed by atoms with Gasteiger partial charge in [-0.2, -0.15) is 0 Å². The molecule has 83 valence electrons. The number of halogens is 1. The fourth-order valence-electron chi connectivity index (χ4n) is 1.29. The van der Waals surface area contributed by atoms with Crippen molar-refractivity contribution in [1.82, 2.24) is 0 Å². The van der Waals surface area contributed by atoms with Crippen LogP contribution in [0.5, 0.6) is 5.75 Å². The third kappa shape index (κ3) is 3.90. The van der Waals surface area contributed by atoms with Gasteiger partial charge in [0.05, 0.1) is 6.61 Å². The summed E-state index contributed by atoms with van der Waals surface area (Å²) in [5.41, 5.74) is 0.876. The van der Waals surface area contributed by atoms with Gasteiger partial charge in [-0.15, -0.1) is 0 Å². The Morgan fingerprint density at radius 2 is 2.13 bits per heavy atom. The minimum atomic E-state index is -0.255. The van der Waals surface area contributed by atoms with Crippen molar-refractivity contribution in [2.24, 2.45) is 0 Å². The van der Waals surface area contributed by atoms with Crippen LogP contribution in [-0.2, 0) is 0 Å². The topological polar surface area (TPSA) is 9.23 Å². The van der Waals surface area contributed by atoms with E-state index in [9.17, 15) is 4.39 Å². The van der Waals surface area contributed by atoms with E-state index in [1.165, 1.54) is 12.1 Å². The maximum Gasteiger partial charge on any atom is 0.127 e.